The molecule has 0 bridgehead atoms. The van der Waals surface area contributed by atoms with Gasteiger partial charge in [-0.3, -0.25) is 0 Å². The summed E-state index contributed by atoms with van der Waals surface area (Å²) in [6, 6.07) is 0. The Bertz CT molecular complexity index is 91.2. The Morgan fingerprint density at radius 1 is 0.917 bits per heavy atom. The van der Waals surface area contributed by atoms with Gasteiger partial charge in [0.1, 0.15) is 0 Å². The van der Waals surface area contributed by atoms with E-state index in [1.165, 1.54) is 38.5 Å². The molecule has 0 atom stereocenters. The molecule has 0 aliphatic rings. The lowest BCUT2D eigenvalue weighted by atomic mass is 9.86. The van der Waals surface area contributed by atoms with Crippen LogP contribution >= 0.6 is 0 Å². The zero-order valence-electron chi connectivity index (χ0n) is 9.03. The molecule has 1 heteroatoms. The molecule has 0 fully saturated rings. The number of unbranched alkanes of at least 4 members (excludes halogenated alkanes) is 2. The maximum absolute atomic E-state index is 6.27. The van der Waals surface area contributed by atoms with Gasteiger partial charge in [-0.2, -0.15) is 0 Å². The van der Waals surface area contributed by atoms with Crippen LogP contribution < -0.4 is 5.73 Å². The van der Waals surface area contributed by atoms with E-state index in [0.29, 0.717) is 0 Å². The van der Waals surface area contributed by atoms with Crippen LogP contribution in [-0.4, -0.2) is 5.54 Å². The molecule has 0 unspecified atom stereocenters. The molecule has 0 spiro atoms. The molecular weight excluding hydrogens is 146 g/mol. The minimum atomic E-state index is 0.145. The third kappa shape index (κ3) is 4.76. The summed E-state index contributed by atoms with van der Waals surface area (Å²) in [6.07, 6.45) is 8.66. The van der Waals surface area contributed by atoms with Crippen LogP contribution in [0.4, 0.5) is 0 Å². The lowest BCUT2D eigenvalue weighted by Gasteiger charge is -2.28. The van der Waals surface area contributed by atoms with Gasteiger partial charge in [-0.1, -0.05) is 46.5 Å². The summed E-state index contributed by atoms with van der Waals surface area (Å²) in [4.78, 5) is 0. The van der Waals surface area contributed by atoms with Crippen molar-refractivity contribution in [3.8, 4) is 0 Å². The second kappa shape index (κ2) is 6.47. The first-order chi connectivity index (χ1) is 5.68. The Kier molecular flexibility index (Phi) is 6.45. The predicted molar refractivity (Wildman–Crippen MR) is 56.3 cm³/mol. The Balaban J connectivity index is 3.70. The van der Waals surface area contributed by atoms with Crippen molar-refractivity contribution >= 4 is 0 Å². The zero-order chi connectivity index (χ0) is 9.45. The van der Waals surface area contributed by atoms with Gasteiger partial charge in [0.25, 0.3) is 0 Å². The van der Waals surface area contributed by atoms with Crippen molar-refractivity contribution in [3.63, 3.8) is 0 Å². The smallest absolute Gasteiger partial charge is 0.0151 e. The van der Waals surface area contributed by atoms with Crippen LogP contribution in [0.5, 0.6) is 0 Å². The van der Waals surface area contributed by atoms with E-state index in [0.717, 1.165) is 6.42 Å². The van der Waals surface area contributed by atoms with Gasteiger partial charge in [0, 0.05) is 5.54 Å². The highest BCUT2D eigenvalue weighted by atomic mass is 14.7. The van der Waals surface area contributed by atoms with Crippen LogP contribution in [0.25, 0.3) is 0 Å². The maximum Gasteiger partial charge on any atom is 0.0151 e. The van der Waals surface area contributed by atoms with Crippen molar-refractivity contribution < 1.29 is 0 Å². The van der Waals surface area contributed by atoms with E-state index in [4.69, 9.17) is 5.73 Å². The molecule has 0 aliphatic heterocycles. The average Bonchev–Trinajstić information content (AvgIpc) is 2.11. The van der Waals surface area contributed by atoms with Gasteiger partial charge in [0.2, 0.25) is 0 Å². The maximum atomic E-state index is 6.27. The molecule has 0 radical (unpaired) electrons. The van der Waals surface area contributed by atoms with E-state index < -0.39 is 0 Å². The van der Waals surface area contributed by atoms with Crippen molar-refractivity contribution in [3.05, 3.63) is 0 Å². The quantitative estimate of drug-likeness (QED) is 0.623. The van der Waals surface area contributed by atoms with Crippen molar-refractivity contribution in [1.29, 1.82) is 0 Å². The molecule has 0 aromatic carbocycles. The van der Waals surface area contributed by atoms with Crippen LogP contribution in [0, 0.1) is 0 Å². The molecule has 0 amide bonds. The third-order valence-electron chi connectivity index (χ3n) is 2.76. The minimum Gasteiger partial charge on any atom is -0.325 e. The molecule has 0 aromatic rings. The number of rotatable bonds is 7. The fraction of sp³-hybridized carbons (Fsp3) is 1.00. The van der Waals surface area contributed by atoms with E-state index in [1.54, 1.807) is 0 Å². The lowest BCUT2D eigenvalue weighted by Crippen LogP contribution is -2.38. The Morgan fingerprint density at radius 2 is 1.33 bits per heavy atom. The molecule has 1 nitrogen and oxygen atoms in total. The Labute approximate surface area is 77.7 Å². The summed E-state index contributed by atoms with van der Waals surface area (Å²) in [5, 5.41) is 0. The molecular formula is C11H25N. The largest absolute Gasteiger partial charge is 0.325 e. The van der Waals surface area contributed by atoms with E-state index in [9.17, 15) is 0 Å². The summed E-state index contributed by atoms with van der Waals surface area (Å²) in [5.74, 6) is 0. The molecule has 2 N–H and O–H groups in total. The molecule has 0 aromatic heterocycles. The van der Waals surface area contributed by atoms with Gasteiger partial charge < -0.3 is 5.73 Å². The van der Waals surface area contributed by atoms with Gasteiger partial charge in [-0.05, 0) is 19.3 Å². The normalized spacial score (nSPS) is 12.0. The van der Waals surface area contributed by atoms with Crippen LogP contribution in [0.1, 0.15) is 65.7 Å². The molecule has 0 rings (SSSR count). The summed E-state index contributed by atoms with van der Waals surface area (Å²) in [7, 11) is 0. The first-order valence-electron chi connectivity index (χ1n) is 5.47. The highest BCUT2D eigenvalue weighted by molar-refractivity contribution is 4.81. The van der Waals surface area contributed by atoms with E-state index >= 15 is 0 Å². The van der Waals surface area contributed by atoms with Crippen LogP contribution in [0.15, 0.2) is 0 Å². The van der Waals surface area contributed by atoms with Crippen LogP contribution in [-0.2, 0) is 0 Å². The number of hydrogen-bond acceptors (Lipinski definition) is 1. The van der Waals surface area contributed by atoms with Crippen molar-refractivity contribution in [2.24, 2.45) is 5.73 Å². The van der Waals surface area contributed by atoms with Crippen LogP contribution in [0.2, 0.25) is 0 Å². The SMILES string of the molecule is CCCCC(N)(CC)CCCC. The highest BCUT2D eigenvalue weighted by Crippen LogP contribution is 2.21. The monoisotopic (exact) mass is 171 g/mol. The molecule has 0 saturated heterocycles. The summed E-state index contributed by atoms with van der Waals surface area (Å²) < 4.78 is 0. The highest BCUT2D eigenvalue weighted by Gasteiger charge is 2.20. The average molecular weight is 171 g/mol. The summed E-state index contributed by atoms with van der Waals surface area (Å²) in [6.45, 7) is 6.68. The number of hydrogen-bond donors (Lipinski definition) is 1. The van der Waals surface area contributed by atoms with Gasteiger partial charge in [0.15, 0.2) is 0 Å². The number of nitrogens with two attached hydrogens (primary N) is 1. The molecule has 0 heterocycles. The lowest BCUT2D eigenvalue weighted by molar-refractivity contribution is 0.333. The van der Waals surface area contributed by atoms with Gasteiger partial charge in [-0.25, -0.2) is 0 Å². The topological polar surface area (TPSA) is 26.0 Å². The second-order valence-corrected chi connectivity index (χ2v) is 3.92. The predicted octanol–water partition coefficient (Wildman–Crippen LogP) is 3.47. The molecule has 74 valence electrons. The minimum absolute atomic E-state index is 0.145. The van der Waals surface area contributed by atoms with Crippen molar-refractivity contribution in [2.75, 3.05) is 0 Å². The first-order valence-corrected chi connectivity index (χ1v) is 5.47. The fourth-order valence-corrected chi connectivity index (χ4v) is 1.54. The van der Waals surface area contributed by atoms with Crippen molar-refractivity contribution in [2.45, 2.75) is 71.3 Å². The van der Waals surface area contributed by atoms with Crippen molar-refractivity contribution in [1.82, 2.24) is 0 Å². The fourth-order valence-electron chi connectivity index (χ4n) is 1.54. The molecule has 12 heavy (non-hydrogen) atoms. The van der Waals surface area contributed by atoms with E-state index in [-0.39, 0.29) is 5.54 Å². The zero-order valence-corrected chi connectivity index (χ0v) is 9.03. The van der Waals surface area contributed by atoms with Gasteiger partial charge >= 0.3 is 0 Å². The third-order valence-corrected chi connectivity index (χ3v) is 2.76. The first kappa shape index (κ1) is 12.0. The van der Waals surface area contributed by atoms with E-state index in [1.807, 2.05) is 0 Å². The Hall–Kier alpha value is -0.0400. The standard InChI is InChI=1S/C11H25N/c1-4-7-9-11(12,6-3)10-8-5-2/h4-10,12H2,1-3H3. The van der Waals surface area contributed by atoms with Crippen LogP contribution in [0.3, 0.4) is 0 Å². The molecule has 0 aliphatic carbocycles. The second-order valence-electron chi connectivity index (χ2n) is 3.92. The van der Waals surface area contributed by atoms with E-state index in [2.05, 4.69) is 20.8 Å². The van der Waals surface area contributed by atoms with Gasteiger partial charge in [0.05, 0.1) is 0 Å². The molecule has 0 saturated carbocycles. The summed E-state index contributed by atoms with van der Waals surface area (Å²) >= 11 is 0. The summed E-state index contributed by atoms with van der Waals surface area (Å²) in [5.41, 5.74) is 6.41. The van der Waals surface area contributed by atoms with Gasteiger partial charge in [-0.15, -0.1) is 0 Å². The Morgan fingerprint density at radius 3 is 1.58 bits per heavy atom.